The number of aryl methyl sites for hydroxylation is 2. The molecule has 0 atom stereocenters. The Morgan fingerprint density at radius 3 is 2.59 bits per heavy atom. The monoisotopic (exact) mass is 362 g/mol. The van der Waals surface area contributed by atoms with Crippen LogP contribution in [0.1, 0.15) is 39.3 Å². The Balaban J connectivity index is 1.75. The molecule has 0 bridgehead atoms. The van der Waals surface area contributed by atoms with Crippen molar-refractivity contribution in [2.75, 3.05) is 5.32 Å². The van der Waals surface area contributed by atoms with Gasteiger partial charge in [0.05, 0.1) is 17.8 Å². The summed E-state index contributed by atoms with van der Waals surface area (Å²) in [5.41, 5.74) is 9.66. The van der Waals surface area contributed by atoms with Crippen LogP contribution in [0, 0.1) is 25.2 Å². The number of primary amides is 1. The molecule has 0 spiro atoms. The molecule has 0 saturated heterocycles. The summed E-state index contributed by atoms with van der Waals surface area (Å²) in [6.07, 6.45) is 2.14. The smallest absolute Gasteiger partial charge is 0.254 e. The first-order valence-electron chi connectivity index (χ1n) is 8.34. The first-order chi connectivity index (χ1) is 12.9. The van der Waals surface area contributed by atoms with Gasteiger partial charge in [0.2, 0.25) is 5.91 Å². The lowest BCUT2D eigenvalue weighted by atomic mass is 10.1. The van der Waals surface area contributed by atoms with Gasteiger partial charge in [0.15, 0.2) is 5.65 Å². The normalized spacial score (nSPS) is 10.6. The molecule has 0 aliphatic heterocycles. The van der Waals surface area contributed by atoms with Gasteiger partial charge in [-0.05, 0) is 50.1 Å². The number of carbonyl (C=O) groups excluding carboxylic acids is 2. The van der Waals surface area contributed by atoms with Crippen molar-refractivity contribution in [1.29, 1.82) is 5.26 Å². The van der Waals surface area contributed by atoms with Crippen molar-refractivity contribution in [3.63, 3.8) is 0 Å². The van der Waals surface area contributed by atoms with Gasteiger partial charge in [0.25, 0.3) is 5.91 Å². The van der Waals surface area contributed by atoms with Gasteiger partial charge in [0.1, 0.15) is 5.56 Å². The molecule has 8 heteroatoms. The van der Waals surface area contributed by atoms with E-state index in [9.17, 15) is 9.59 Å². The predicted octanol–water partition coefficient (Wildman–Crippen LogP) is 1.89. The molecule has 27 heavy (non-hydrogen) atoms. The molecule has 0 aliphatic rings. The Bertz CT molecular complexity index is 1080. The van der Waals surface area contributed by atoms with E-state index in [1.165, 1.54) is 6.20 Å². The summed E-state index contributed by atoms with van der Waals surface area (Å²) in [4.78, 5) is 28.1. The Morgan fingerprint density at radius 1 is 1.26 bits per heavy atom. The summed E-state index contributed by atoms with van der Waals surface area (Å²) in [6.45, 7) is 3.70. The lowest BCUT2D eigenvalue weighted by Crippen LogP contribution is -2.15. The van der Waals surface area contributed by atoms with Crippen LogP contribution in [0.3, 0.4) is 0 Å². The van der Waals surface area contributed by atoms with E-state index >= 15 is 0 Å². The number of nitrogens with one attached hydrogen (secondary N) is 1. The van der Waals surface area contributed by atoms with Crippen molar-refractivity contribution in [1.82, 2.24) is 14.6 Å². The molecule has 3 aromatic rings. The number of hydrogen-bond donors (Lipinski definition) is 2. The number of amides is 2. The average Bonchev–Trinajstić information content (AvgIpc) is 3.06. The van der Waals surface area contributed by atoms with Gasteiger partial charge in [-0.3, -0.25) is 9.59 Å². The third-order valence-corrected chi connectivity index (χ3v) is 4.37. The Morgan fingerprint density at radius 2 is 1.96 bits per heavy atom. The lowest BCUT2D eigenvalue weighted by Gasteiger charge is -2.11. The molecule has 0 unspecified atom stereocenters. The van der Waals surface area contributed by atoms with E-state index < -0.39 is 5.91 Å². The number of nitrogens with zero attached hydrogens (tertiary/aromatic N) is 4. The maximum absolute atomic E-state index is 12.2. The standard InChI is InChI=1S/C19H18N6O2/c1-11-15(12(2)25-19(23-11)16(10-22-25)18(21)27)7-8-17(26)24-14-5-3-13(9-20)4-6-14/h3-6,10H,7-8H2,1-2H3,(H2,21,27)(H,24,26). The quantitative estimate of drug-likeness (QED) is 0.716. The number of nitriles is 1. The van der Waals surface area contributed by atoms with Gasteiger partial charge in [-0.15, -0.1) is 0 Å². The molecule has 3 rings (SSSR count). The third kappa shape index (κ3) is 3.62. The minimum Gasteiger partial charge on any atom is -0.365 e. The van der Waals surface area contributed by atoms with Gasteiger partial charge < -0.3 is 11.1 Å². The molecule has 0 saturated carbocycles. The predicted molar refractivity (Wildman–Crippen MR) is 99.1 cm³/mol. The zero-order chi connectivity index (χ0) is 19.6. The van der Waals surface area contributed by atoms with E-state index in [1.54, 1.807) is 28.8 Å². The fourth-order valence-corrected chi connectivity index (χ4v) is 2.94. The highest BCUT2D eigenvalue weighted by Crippen LogP contribution is 2.19. The molecule has 2 aromatic heterocycles. The molecule has 0 aliphatic carbocycles. The van der Waals surface area contributed by atoms with Crippen molar-refractivity contribution in [2.45, 2.75) is 26.7 Å². The highest BCUT2D eigenvalue weighted by molar-refractivity contribution is 5.98. The fraction of sp³-hybridized carbons (Fsp3) is 0.211. The van der Waals surface area contributed by atoms with E-state index in [0.717, 1.165) is 17.0 Å². The van der Waals surface area contributed by atoms with Crippen LogP contribution in [0.2, 0.25) is 0 Å². The molecule has 8 nitrogen and oxygen atoms in total. The number of benzene rings is 1. The van der Waals surface area contributed by atoms with Crippen LogP contribution in [-0.2, 0) is 11.2 Å². The molecule has 2 amide bonds. The van der Waals surface area contributed by atoms with Crippen LogP contribution in [0.5, 0.6) is 0 Å². The van der Waals surface area contributed by atoms with Crippen LogP contribution < -0.4 is 11.1 Å². The summed E-state index contributed by atoms with van der Waals surface area (Å²) in [5.74, 6) is -0.720. The van der Waals surface area contributed by atoms with Gasteiger partial charge in [-0.1, -0.05) is 0 Å². The summed E-state index contributed by atoms with van der Waals surface area (Å²) < 4.78 is 1.57. The second-order valence-corrected chi connectivity index (χ2v) is 6.16. The second-order valence-electron chi connectivity index (χ2n) is 6.16. The van der Waals surface area contributed by atoms with Crippen molar-refractivity contribution in [3.05, 3.63) is 58.5 Å². The molecular formula is C19H18N6O2. The van der Waals surface area contributed by atoms with Crippen molar-refractivity contribution < 1.29 is 9.59 Å². The third-order valence-electron chi connectivity index (χ3n) is 4.37. The Kier molecular flexibility index (Phi) is 4.86. The molecule has 1 aromatic carbocycles. The van der Waals surface area contributed by atoms with E-state index in [2.05, 4.69) is 15.4 Å². The van der Waals surface area contributed by atoms with Crippen LogP contribution in [0.25, 0.3) is 5.65 Å². The van der Waals surface area contributed by atoms with Gasteiger partial charge in [-0.25, -0.2) is 9.50 Å². The molecule has 0 fully saturated rings. The van der Waals surface area contributed by atoms with Gasteiger partial charge in [0, 0.05) is 23.5 Å². The highest BCUT2D eigenvalue weighted by atomic mass is 16.2. The summed E-state index contributed by atoms with van der Waals surface area (Å²) in [7, 11) is 0. The molecule has 3 N–H and O–H groups in total. The number of anilines is 1. The minimum absolute atomic E-state index is 0.142. The number of nitrogens with two attached hydrogens (primary N) is 1. The van der Waals surface area contributed by atoms with Crippen molar-refractivity contribution in [3.8, 4) is 6.07 Å². The number of rotatable bonds is 5. The molecular weight excluding hydrogens is 344 g/mol. The van der Waals surface area contributed by atoms with Crippen molar-refractivity contribution >= 4 is 23.1 Å². The maximum atomic E-state index is 12.2. The Hall–Kier alpha value is -3.73. The van der Waals surface area contributed by atoms with Crippen LogP contribution in [0.15, 0.2) is 30.5 Å². The molecule has 136 valence electrons. The average molecular weight is 362 g/mol. The van der Waals surface area contributed by atoms with E-state index in [1.807, 2.05) is 19.9 Å². The zero-order valence-electron chi connectivity index (χ0n) is 15.0. The topological polar surface area (TPSA) is 126 Å². The van der Waals surface area contributed by atoms with Crippen LogP contribution >= 0.6 is 0 Å². The van der Waals surface area contributed by atoms with E-state index in [-0.39, 0.29) is 17.9 Å². The second kappa shape index (κ2) is 7.25. The van der Waals surface area contributed by atoms with Crippen LogP contribution in [-0.4, -0.2) is 26.4 Å². The maximum Gasteiger partial charge on any atom is 0.254 e. The minimum atomic E-state index is -0.578. The van der Waals surface area contributed by atoms with Crippen LogP contribution in [0.4, 0.5) is 5.69 Å². The first-order valence-corrected chi connectivity index (χ1v) is 8.34. The number of aromatic nitrogens is 3. The SMILES string of the molecule is Cc1nc2c(C(N)=O)cnn2c(C)c1CCC(=O)Nc1ccc(C#N)cc1. The van der Waals surface area contributed by atoms with Gasteiger partial charge >= 0.3 is 0 Å². The summed E-state index contributed by atoms with van der Waals surface area (Å²) in [5, 5.41) is 15.8. The molecule has 0 radical (unpaired) electrons. The Labute approximate surface area is 155 Å². The highest BCUT2D eigenvalue weighted by Gasteiger charge is 2.17. The van der Waals surface area contributed by atoms with Gasteiger partial charge in [-0.2, -0.15) is 10.4 Å². The number of fused-ring (bicyclic) bond motifs is 1. The zero-order valence-corrected chi connectivity index (χ0v) is 15.0. The number of carbonyl (C=O) groups is 2. The van der Waals surface area contributed by atoms with E-state index in [0.29, 0.717) is 23.3 Å². The molecule has 2 heterocycles. The summed E-state index contributed by atoms with van der Waals surface area (Å²) >= 11 is 0. The number of hydrogen-bond acceptors (Lipinski definition) is 5. The summed E-state index contributed by atoms with van der Waals surface area (Å²) in [6, 6.07) is 8.71. The van der Waals surface area contributed by atoms with E-state index in [4.69, 9.17) is 11.0 Å². The largest absolute Gasteiger partial charge is 0.365 e. The fourth-order valence-electron chi connectivity index (χ4n) is 2.94. The van der Waals surface area contributed by atoms with Crippen molar-refractivity contribution in [2.24, 2.45) is 5.73 Å². The first kappa shape index (κ1) is 18.1. The lowest BCUT2D eigenvalue weighted by molar-refractivity contribution is -0.116.